The van der Waals surface area contributed by atoms with Crippen LogP contribution in [0.5, 0.6) is 11.5 Å². The van der Waals surface area contributed by atoms with Crippen LogP contribution in [-0.4, -0.2) is 42.5 Å². The second-order valence-electron chi connectivity index (χ2n) is 13.7. The molecule has 0 amide bonds. The van der Waals surface area contributed by atoms with Gasteiger partial charge >= 0.3 is 17.9 Å². The molecule has 0 radical (unpaired) electrons. The van der Waals surface area contributed by atoms with Crippen molar-refractivity contribution >= 4 is 17.9 Å². The van der Waals surface area contributed by atoms with E-state index in [9.17, 15) is 14.4 Å². The molecule has 246 valence electrons. The molecule has 1 aliphatic carbocycles. The van der Waals surface area contributed by atoms with Crippen LogP contribution in [0.2, 0.25) is 0 Å². The van der Waals surface area contributed by atoms with E-state index in [1.165, 1.54) is 82.8 Å². The molecule has 0 saturated carbocycles. The smallest absolute Gasteiger partial charge is 0.311 e. The minimum atomic E-state index is -0.505. The van der Waals surface area contributed by atoms with Crippen LogP contribution >= 0.6 is 0 Å². The molecule has 45 heavy (non-hydrogen) atoms. The molecule has 7 nitrogen and oxygen atoms in total. The minimum absolute atomic E-state index is 0.0460. The van der Waals surface area contributed by atoms with E-state index in [4.69, 9.17) is 14.2 Å². The van der Waals surface area contributed by atoms with Crippen molar-refractivity contribution in [2.75, 3.05) is 13.7 Å². The maximum atomic E-state index is 13.2. The number of esters is 3. The van der Waals surface area contributed by atoms with Crippen molar-refractivity contribution in [2.24, 2.45) is 5.41 Å². The minimum Gasteiger partial charge on any atom is -0.464 e. The summed E-state index contributed by atoms with van der Waals surface area (Å²) in [4.78, 5) is 39.5. The molecule has 2 aromatic rings. The molecule has 2 aromatic carbocycles. The second-order valence-corrected chi connectivity index (χ2v) is 13.7. The third-order valence-corrected chi connectivity index (χ3v) is 9.56. The van der Waals surface area contributed by atoms with Gasteiger partial charge in [-0.15, -0.1) is 0 Å². The normalized spacial score (nSPS) is 17.3. The number of likely N-dealkylation sites (N-methyl/N-ethyl adjacent to an activating group) is 1. The Labute approximate surface area is 270 Å². The van der Waals surface area contributed by atoms with Crippen LogP contribution < -0.4 is 9.47 Å². The van der Waals surface area contributed by atoms with E-state index in [0.29, 0.717) is 13.0 Å². The molecule has 2 atom stereocenters. The molecule has 0 spiro atoms. The van der Waals surface area contributed by atoms with Crippen LogP contribution in [0.3, 0.4) is 0 Å². The first-order valence-electron chi connectivity index (χ1n) is 17.1. The molecular weight excluding hydrogens is 566 g/mol. The average Bonchev–Trinajstić information content (AvgIpc) is 2.99. The van der Waals surface area contributed by atoms with Gasteiger partial charge in [0.25, 0.3) is 0 Å². The van der Waals surface area contributed by atoms with E-state index in [-0.39, 0.29) is 29.6 Å². The Hall–Kier alpha value is -3.19. The van der Waals surface area contributed by atoms with E-state index in [1.54, 1.807) is 6.07 Å². The summed E-state index contributed by atoms with van der Waals surface area (Å²) in [5, 5.41) is 0. The molecule has 7 heteroatoms. The van der Waals surface area contributed by atoms with Crippen LogP contribution in [0.1, 0.15) is 128 Å². The highest BCUT2D eigenvalue weighted by molar-refractivity contribution is 5.86. The number of ether oxygens (including phenoxy) is 3. The number of benzene rings is 2. The predicted octanol–water partition coefficient (Wildman–Crippen LogP) is 8.54. The SMILES string of the molecule is CCCCCCCCCCCCC(C)(C)C(=O)OCC1Cc2cccc3c2[C@H](Cc2ccc(OC(C)=O)c(OC(C)=O)c2-3)N1C. The second kappa shape index (κ2) is 15.9. The maximum absolute atomic E-state index is 13.2. The molecule has 0 saturated heterocycles. The number of nitrogens with zero attached hydrogens (tertiary/aromatic N) is 1. The zero-order valence-electron chi connectivity index (χ0n) is 28.3. The van der Waals surface area contributed by atoms with Gasteiger partial charge in [-0.05, 0) is 68.5 Å². The van der Waals surface area contributed by atoms with Gasteiger partial charge in [-0.2, -0.15) is 0 Å². The van der Waals surface area contributed by atoms with Gasteiger partial charge in [0.1, 0.15) is 6.61 Å². The predicted molar refractivity (Wildman–Crippen MR) is 177 cm³/mol. The molecular formula is C38H53NO6. The number of carbonyl (C=O) groups excluding carboxylic acids is 3. The Kier molecular flexibility index (Phi) is 12.2. The zero-order chi connectivity index (χ0) is 32.6. The largest absolute Gasteiger partial charge is 0.464 e. The molecule has 0 aromatic heterocycles. The van der Waals surface area contributed by atoms with Crippen molar-refractivity contribution in [3.63, 3.8) is 0 Å². The lowest BCUT2D eigenvalue weighted by Crippen LogP contribution is -2.46. The van der Waals surface area contributed by atoms with E-state index in [2.05, 4.69) is 24.9 Å². The van der Waals surface area contributed by atoms with Gasteiger partial charge in [-0.3, -0.25) is 19.3 Å². The fourth-order valence-corrected chi connectivity index (χ4v) is 6.96. The average molecular weight is 620 g/mol. The van der Waals surface area contributed by atoms with E-state index in [0.717, 1.165) is 36.0 Å². The van der Waals surface area contributed by atoms with Gasteiger partial charge in [-0.1, -0.05) is 95.4 Å². The standard InChI is InChI=1S/C38H53NO6/c1-7-8-9-10-11-12-13-14-15-16-22-38(4,5)37(42)43-25-30-23-28-18-17-19-31-34(28)32(39(30)6)24-29-20-21-33(44-26(2)40)36(35(29)31)45-27(3)41/h17-21,30,32H,7-16,22-25H2,1-6H3/t30?,32-/m0/s1. The van der Waals surface area contributed by atoms with Crippen LogP contribution in [0.15, 0.2) is 30.3 Å². The van der Waals surface area contributed by atoms with Gasteiger partial charge < -0.3 is 14.2 Å². The van der Waals surface area contributed by atoms with Gasteiger partial charge in [0.15, 0.2) is 11.5 Å². The third-order valence-electron chi connectivity index (χ3n) is 9.56. The number of rotatable bonds is 16. The molecule has 1 unspecified atom stereocenters. The Morgan fingerprint density at radius 2 is 1.47 bits per heavy atom. The van der Waals surface area contributed by atoms with E-state index < -0.39 is 17.4 Å². The Morgan fingerprint density at radius 1 is 0.822 bits per heavy atom. The van der Waals surface area contributed by atoms with Gasteiger partial charge in [0.2, 0.25) is 0 Å². The first-order valence-corrected chi connectivity index (χ1v) is 17.1. The molecule has 0 bridgehead atoms. The molecule has 1 heterocycles. The topological polar surface area (TPSA) is 82.1 Å². The molecule has 1 aliphatic heterocycles. The summed E-state index contributed by atoms with van der Waals surface area (Å²) in [6.45, 7) is 9.30. The third kappa shape index (κ3) is 8.75. The Morgan fingerprint density at radius 3 is 2.11 bits per heavy atom. The fourth-order valence-electron chi connectivity index (χ4n) is 6.96. The first-order chi connectivity index (χ1) is 21.5. The summed E-state index contributed by atoms with van der Waals surface area (Å²) in [5.41, 5.74) is 4.66. The van der Waals surface area contributed by atoms with Crippen molar-refractivity contribution < 1.29 is 28.6 Å². The fraction of sp³-hybridized carbons (Fsp3) is 0.605. The first kappa shape index (κ1) is 34.7. The molecule has 0 fully saturated rings. The lowest BCUT2D eigenvalue weighted by atomic mass is 9.75. The maximum Gasteiger partial charge on any atom is 0.311 e. The van der Waals surface area contributed by atoms with Crippen molar-refractivity contribution in [2.45, 2.75) is 130 Å². The molecule has 4 rings (SSSR count). The van der Waals surface area contributed by atoms with Crippen molar-refractivity contribution in [3.05, 3.63) is 47.0 Å². The summed E-state index contributed by atoms with van der Waals surface area (Å²) in [5.74, 6) is -0.550. The summed E-state index contributed by atoms with van der Waals surface area (Å²) in [6, 6.07) is 9.96. The monoisotopic (exact) mass is 619 g/mol. The number of unbranched alkanes of at least 4 members (excludes halogenated alkanes) is 9. The summed E-state index contributed by atoms with van der Waals surface area (Å²) >= 11 is 0. The number of hydrogen-bond donors (Lipinski definition) is 0. The summed E-state index contributed by atoms with van der Waals surface area (Å²) < 4.78 is 17.1. The zero-order valence-corrected chi connectivity index (χ0v) is 28.3. The van der Waals surface area contributed by atoms with Crippen LogP contribution in [-0.2, 0) is 32.0 Å². The van der Waals surface area contributed by atoms with Gasteiger partial charge in [-0.25, -0.2) is 0 Å². The number of hydrogen-bond acceptors (Lipinski definition) is 7. The van der Waals surface area contributed by atoms with Crippen molar-refractivity contribution in [3.8, 4) is 22.6 Å². The van der Waals surface area contributed by atoms with Gasteiger partial charge in [0, 0.05) is 31.5 Å². The van der Waals surface area contributed by atoms with Crippen molar-refractivity contribution in [1.29, 1.82) is 0 Å². The van der Waals surface area contributed by atoms with Crippen LogP contribution in [0, 0.1) is 5.41 Å². The molecule has 2 aliphatic rings. The van der Waals surface area contributed by atoms with E-state index >= 15 is 0 Å². The lowest BCUT2D eigenvalue weighted by Gasteiger charge is -2.44. The summed E-state index contributed by atoms with van der Waals surface area (Å²) in [6.07, 6.45) is 15.1. The lowest BCUT2D eigenvalue weighted by molar-refractivity contribution is -0.156. The van der Waals surface area contributed by atoms with Crippen molar-refractivity contribution in [1.82, 2.24) is 4.90 Å². The number of fused-ring (bicyclic) bond motifs is 2. The number of carbonyl (C=O) groups is 3. The van der Waals surface area contributed by atoms with Crippen LogP contribution in [0.25, 0.3) is 11.1 Å². The van der Waals surface area contributed by atoms with Gasteiger partial charge in [0.05, 0.1) is 5.41 Å². The highest BCUT2D eigenvalue weighted by Crippen LogP contribution is 2.51. The quantitative estimate of drug-likeness (QED) is 0.106. The highest BCUT2D eigenvalue weighted by Gasteiger charge is 2.40. The Balaban J connectivity index is 1.38. The summed E-state index contributed by atoms with van der Waals surface area (Å²) in [7, 11) is 2.10. The van der Waals surface area contributed by atoms with Crippen LogP contribution in [0.4, 0.5) is 0 Å². The highest BCUT2D eigenvalue weighted by atomic mass is 16.6. The Bertz CT molecular complexity index is 1350. The molecule has 0 N–H and O–H groups in total. The van der Waals surface area contributed by atoms with E-state index in [1.807, 2.05) is 32.0 Å².